The lowest BCUT2D eigenvalue weighted by atomic mass is 9.96. The van der Waals surface area contributed by atoms with Crippen LogP contribution in [0.15, 0.2) is 29.4 Å². The molecule has 0 spiro atoms. The molecule has 4 rings (SSSR count). The summed E-state index contributed by atoms with van der Waals surface area (Å²) in [5.41, 5.74) is 0.900. The molecular weight excluding hydrogens is 356 g/mol. The molecule has 1 saturated carbocycles. The first-order valence-corrected chi connectivity index (χ1v) is 10.2. The molecular formula is C16H18N6OS2. The van der Waals surface area contributed by atoms with Gasteiger partial charge in [-0.15, -0.1) is 5.10 Å². The van der Waals surface area contributed by atoms with Gasteiger partial charge in [0, 0.05) is 0 Å². The highest BCUT2D eigenvalue weighted by Gasteiger charge is 2.21. The molecule has 0 saturated heterocycles. The maximum atomic E-state index is 12.2. The Kier molecular flexibility index (Phi) is 4.93. The molecule has 1 aromatic carbocycles. The summed E-state index contributed by atoms with van der Waals surface area (Å²) in [5.74, 6) is 0.172. The average Bonchev–Trinajstić information content (AvgIpc) is 3.26. The van der Waals surface area contributed by atoms with Gasteiger partial charge in [0.25, 0.3) is 0 Å². The molecule has 0 unspecified atom stereocenters. The molecule has 1 N–H and O–H groups in total. The Hall–Kier alpha value is -2.00. The van der Waals surface area contributed by atoms with E-state index >= 15 is 0 Å². The topological polar surface area (TPSA) is 85.6 Å². The Labute approximate surface area is 153 Å². The van der Waals surface area contributed by atoms with E-state index < -0.39 is 0 Å². The fourth-order valence-corrected chi connectivity index (χ4v) is 4.67. The zero-order valence-corrected chi connectivity index (χ0v) is 15.2. The van der Waals surface area contributed by atoms with Crippen molar-refractivity contribution >= 4 is 44.4 Å². The smallest absolute Gasteiger partial charge is 0.236 e. The minimum Gasteiger partial charge on any atom is -0.301 e. The molecule has 25 heavy (non-hydrogen) atoms. The van der Waals surface area contributed by atoms with Gasteiger partial charge in [0.05, 0.1) is 22.0 Å². The number of benzene rings is 1. The van der Waals surface area contributed by atoms with Crippen LogP contribution in [0, 0.1) is 0 Å². The normalized spacial score (nSPS) is 15.5. The van der Waals surface area contributed by atoms with Gasteiger partial charge in [-0.1, -0.05) is 54.5 Å². The van der Waals surface area contributed by atoms with E-state index in [4.69, 9.17) is 0 Å². The van der Waals surface area contributed by atoms with Gasteiger partial charge < -0.3 is 5.32 Å². The molecule has 130 valence electrons. The summed E-state index contributed by atoms with van der Waals surface area (Å²) in [6.45, 7) is 0. The summed E-state index contributed by atoms with van der Waals surface area (Å²) in [5, 5.41) is 16.2. The second kappa shape index (κ2) is 7.49. The number of anilines is 1. The minimum absolute atomic E-state index is 0.0951. The van der Waals surface area contributed by atoms with Gasteiger partial charge in [-0.05, 0) is 35.4 Å². The Morgan fingerprint density at radius 1 is 1.28 bits per heavy atom. The van der Waals surface area contributed by atoms with E-state index in [-0.39, 0.29) is 11.7 Å². The number of para-hydroxylation sites is 1. The number of hydrogen-bond donors (Lipinski definition) is 1. The zero-order valence-electron chi connectivity index (χ0n) is 13.6. The van der Waals surface area contributed by atoms with Crippen molar-refractivity contribution in [1.29, 1.82) is 0 Å². The van der Waals surface area contributed by atoms with Crippen molar-refractivity contribution in [2.75, 3.05) is 11.1 Å². The number of fused-ring (bicyclic) bond motifs is 1. The van der Waals surface area contributed by atoms with Crippen LogP contribution in [0.5, 0.6) is 0 Å². The summed E-state index contributed by atoms with van der Waals surface area (Å²) in [6.07, 6.45) is 5.93. The number of thioether (sulfide) groups is 1. The molecule has 1 aliphatic rings. The molecule has 3 aromatic rings. The maximum absolute atomic E-state index is 12.2. The SMILES string of the molecule is O=C(CSc1nnnn1C1CCCCC1)Nc1nc2ccccc2s1. The third-order valence-corrected chi connectivity index (χ3v) is 6.14. The second-order valence-corrected chi connectivity index (χ2v) is 7.99. The first-order valence-electron chi connectivity index (χ1n) is 8.36. The highest BCUT2D eigenvalue weighted by molar-refractivity contribution is 7.99. The van der Waals surface area contributed by atoms with E-state index in [0.29, 0.717) is 16.3 Å². The van der Waals surface area contributed by atoms with Crippen LogP contribution in [-0.2, 0) is 4.79 Å². The number of thiazole rings is 1. The van der Waals surface area contributed by atoms with Gasteiger partial charge in [-0.25, -0.2) is 9.67 Å². The predicted octanol–water partition coefficient (Wildman–Crippen LogP) is 3.52. The molecule has 1 aliphatic carbocycles. The van der Waals surface area contributed by atoms with Crippen molar-refractivity contribution < 1.29 is 4.79 Å². The summed E-state index contributed by atoms with van der Waals surface area (Å²) in [4.78, 5) is 16.6. The van der Waals surface area contributed by atoms with Gasteiger partial charge in [0.15, 0.2) is 5.13 Å². The van der Waals surface area contributed by atoms with E-state index in [0.717, 1.165) is 23.1 Å². The number of hydrogen-bond acceptors (Lipinski definition) is 7. The van der Waals surface area contributed by atoms with Crippen LogP contribution in [0.4, 0.5) is 5.13 Å². The Balaban J connectivity index is 1.36. The van der Waals surface area contributed by atoms with Crippen molar-refractivity contribution in [3.05, 3.63) is 24.3 Å². The van der Waals surface area contributed by atoms with Gasteiger partial charge in [-0.3, -0.25) is 4.79 Å². The number of carbonyl (C=O) groups is 1. The average molecular weight is 374 g/mol. The molecule has 0 bridgehead atoms. The first-order chi connectivity index (χ1) is 12.3. The van der Waals surface area contributed by atoms with Crippen LogP contribution in [-0.4, -0.2) is 36.9 Å². The van der Waals surface area contributed by atoms with E-state index in [1.165, 1.54) is 42.4 Å². The van der Waals surface area contributed by atoms with E-state index in [1.54, 1.807) is 0 Å². The van der Waals surface area contributed by atoms with Gasteiger partial charge >= 0.3 is 0 Å². The first kappa shape index (κ1) is 16.5. The van der Waals surface area contributed by atoms with Gasteiger partial charge in [0.1, 0.15) is 0 Å². The lowest BCUT2D eigenvalue weighted by Crippen LogP contribution is -2.17. The highest BCUT2D eigenvalue weighted by atomic mass is 32.2. The number of carbonyl (C=O) groups excluding carboxylic acids is 1. The number of nitrogens with one attached hydrogen (secondary N) is 1. The van der Waals surface area contributed by atoms with Crippen LogP contribution in [0.3, 0.4) is 0 Å². The quantitative estimate of drug-likeness (QED) is 0.688. The summed E-state index contributed by atoms with van der Waals surface area (Å²) in [6, 6.07) is 8.20. The predicted molar refractivity (Wildman–Crippen MR) is 98.9 cm³/mol. The number of amides is 1. The van der Waals surface area contributed by atoms with Crippen LogP contribution in [0.1, 0.15) is 38.1 Å². The third kappa shape index (κ3) is 3.82. The standard InChI is InChI=1S/C16H18N6OS2/c23-14(18-15-17-12-8-4-5-9-13(12)25-15)10-24-16-19-20-21-22(16)11-6-2-1-3-7-11/h4-5,8-9,11H,1-3,6-7,10H2,(H,17,18,23). The van der Waals surface area contributed by atoms with Crippen molar-refractivity contribution in [1.82, 2.24) is 25.2 Å². The maximum Gasteiger partial charge on any atom is 0.236 e. The van der Waals surface area contributed by atoms with Crippen molar-refractivity contribution in [2.24, 2.45) is 0 Å². The van der Waals surface area contributed by atoms with Crippen LogP contribution in [0.25, 0.3) is 10.2 Å². The van der Waals surface area contributed by atoms with Gasteiger partial charge in [0.2, 0.25) is 11.1 Å². The second-order valence-electron chi connectivity index (χ2n) is 6.02. The number of nitrogens with zero attached hydrogens (tertiary/aromatic N) is 5. The molecule has 0 atom stereocenters. The summed E-state index contributed by atoms with van der Waals surface area (Å²) in [7, 11) is 0. The van der Waals surface area contributed by atoms with Crippen molar-refractivity contribution in [3.63, 3.8) is 0 Å². The molecule has 2 aromatic heterocycles. The molecule has 7 nitrogen and oxygen atoms in total. The lowest BCUT2D eigenvalue weighted by Gasteiger charge is -2.21. The Bertz CT molecular complexity index is 837. The molecule has 0 radical (unpaired) electrons. The van der Waals surface area contributed by atoms with E-state index in [9.17, 15) is 4.79 Å². The lowest BCUT2D eigenvalue weighted by molar-refractivity contribution is -0.113. The van der Waals surface area contributed by atoms with Gasteiger partial charge in [-0.2, -0.15) is 0 Å². The van der Waals surface area contributed by atoms with Crippen LogP contribution in [0.2, 0.25) is 0 Å². The molecule has 1 amide bonds. The zero-order chi connectivity index (χ0) is 17.1. The minimum atomic E-state index is -0.0951. The highest BCUT2D eigenvalue weighted by Crippen LogP contribution is 2.30. The molecule has 0 aliphatic heterocycles. The molecule has 1 fully saturated rings. The fourth-order valence-electron chi connectivity index (χ4n) is 3.05. The monoisotopic (exact) mass is 374 g/mol. The number of aromatic nitrogens is 5. The summed E-state index contributed by atoms with van der Waals surface area (Å²) < 4.78 is 2.95. The molecule has 9 heteroatoms. The number of tetrazole rings is 1. The Morgan fingerprint density at radius 3 is 2.96 bits per heavy atom. The van der Waals surface area contributed by atoms with E-state index in [1.807, 2.05) is 28.9 Å². The molecule has 2 heterocycles. The van der Waals surface area contributed by atoms with Crippen LogP contribution < -0.4 is 5.32 Å². The van der Waals surface area contributed by atoms with Crippen molar-refractivity contribution in [2.45, 2.75) is 43.3 Å². The van der Waals surface area contributed by atoms with Crippen molar-refractivity contribution in [3.8, 4) is 0 Å². The van der Waals surface area contributed by atoms with E-state index in [2.05, 4.69) is 25.8 Å². The largest absolute Gasteiger partial charge is 0.301 e. The third-order valence-electron chi connectivity index (χ3n) is 4.26. The fraction of sp³-hybridized carbons (Fsp3) is 0.438. The number of rotatable bonds is 5. The van der Waals surface area contributed by atoms with Crippen LogP contribution >= 0.6 is 23.1 Å². The Morgan fingerprint density at radius 2 is 2.12 bits per heavy atom. The summed E-state index contributed by atoms with van der Waals surface area (Å²) >= 11 is 2.85.